The first-order valence-corrected chi connectivity index (χ1v) is 8.82. The minimum Gasteiger partial charge on any atom is -0.444 e. The van der Waals surface area contributed by atoms with Crippen LogP contribution in [0.1, 0.15) is 41.4 Å². The van der Waals surface area contributed by atoms with Crippen molar-refractivity contribution in [3.05, 3.63) is 33.4 Å². The average molecular weight is 463 g/mol. The highest BCUT2D eigenvalue weighted by molar-refractivity contribution is 14.0. The van der Waals surface area contributed by atoms with E-state index in [9.17, 15) is 0 Å². The van der Waals surface area contributed by atoms with E-state index in [1.807, 2.05) is 20.8 Å². The van der Waals surface area contributed by atoms with E-state index in [-0.39, 0.29) is 24.0 Å². The van der Waals surface area contributed by atoms with E-state index in [2.05, 4.69) is 37.9 Å². The fraction of sp³-hybridized carbons (Fsp3) is 0.562. The van der Waals surface area contributed by atoms with Gasteiger partial charge in [0.2, 0.25) is 5.89 Å². The normalized spacial score (nSPS) is 11.2. The van der Waals surface area contributed by atoms with E-state index in [0.29, 0.717) is 12.4 Å². The predicted molar refractivity (Wildman–Crippen MR) is 109 cm³/mol. The molecule has 0 aliphatic heterocycles. The van der Waals surface area contributed by atoms with Crippen LogP contribution in [0.3, 0.4) is 0 Å². The number of nitrogens with zero attached hydrogens (tertiary/aromatic N) is 3. The van der Waals surface area contributed by atoms with E-state index in [1.54, 1.807) is 11.3 Å². The van der Waals surface area contributed by atoms with Gasteiger partial charge in [-0.2, -0.15) is 0 Å². The standard InChI is InChI=1S/C16H25N5OS.HI/c1-5-17-16(19-9-14-21-12(3)13(4)22-14)18-8-6-7-15-20-11(2)10-23-15;/h10H,5-9H2,1-4H3,(H2,17,18,19);1H. The topological polar surface area (TPSA) is 75.3 Å². The number of rotatable bonds is 7. The molecule has 0 saturated heterocycles. The van der Waals surface area contributed by atoms with Crippen LogP contribution in [0.5, 0.6) is 0 Å². The molecule has 0 unspecified atom stereocenters. The SMILES string of the molecule is CCNC(=NCc1nc(C)c(C)o1)NCCCc1nc(C)cs1.I. The summed E-state index contributed by atoms with van der Waals surface area (Å²) in [4.78, 5) is 13.3. The number of aromatic nitrogens is 2. The Morgan fingerprint density at radius 2 is 2.04 bits per heavy atom. The third-order valence-electron chi connectivity index (χ3n) is 3.32. The number of aryl methyl sites for hydroxylation is 4. The molecule has 2 heterocycles. The molecule has 0 spiro atoms. The van der Waals surface area contributed by atoms with Crippen LogP contribution in [0, 0.1) is 20.8 Å². The van der Waals surface area contributed by atoms with Gasteiger partial charge in [-0.05, 0) is 34.1 Å². The first kappa shape index (κ1) is 20.9. The lowest BCUT2D eigenvalue weighted by Gasteiger charge is -2.10. The Morgan fingerprint density at radius 1 is 1.25 bits per heavy atom. The van der Waals surface area contributed by atoms with E-state index in [0.717, 1.165) is 49.0 Å². The van der Waals surface area contributed by atoms with Gasteiger partial charge in [0, 0.05) is 30.6 Å². The molecule has 0 fully saturated rings. The number of hydrogen-bond acceptors (Lipinski definition) is 5. The zero-order valence-corrected chi connectivity index (χ0v) is 17.8. The maximum atomic E-state index is 5.55. The zero-order chi connectivity index (χ0) is 16.7. The summed E-state index contributed by atoms with van der Waals surface area (Å²) in [5, 5.41) is 9.85. The third-order valence-corrected chi connectivity index (χ3v) is 4.34. The molecule has 2 aromatic rings. The maximum Gasteiger partial charge on any atom is 0.216 e. The molecule has 6 nitrogen and oxygen atoms in total. The second-order valence-electron chi connectivity index (χ2n) is 5.36. The monoisotopic (exact) mass is 463 g/mol. The molecule has 2 N–H and O–H groups in total. The molecule has 2 aromatic heterocycles. The molecule has 0 atom stereocenters. The van der Waals surface area contributed by atoms with Gasteiger partial charge in [-0.3, -0.25) is 0 Å². The minimum atomic E-state index is 0. The first-order valence-electron chi connectivity index (χ1n) is 7.94. The lowest BCUT2D eigenvalue weighted by atomic mass is 10.3. The summed E-state index contributed by atoms with van der Waals surface area (Å²) in [5.74, 6) is 2.29. The van der Waals surface area contributed by atoms with Crippen LogP contribution in [-0.2, 0) is 13.0 Å². The summed E-state index contributed by atoms with van der Waals surface area (Å²) in [5.41, 5.74) is 2.02. The fourth-order valence-electron chi connectivity index (χ4n) is 2.06. The van der Waals surface area contributed by atoms with Gasteiger partial charge in [-0.25, -0.2) is 15.0 Å². The van der Waals surface area contributed by atoms with Gasteiger partial charge in [-0.1, -0.05) is 0 Å². The van der Waals surface area contributed by atoms with Crippen molar-refractivity contribution in [1.82, 2.24) is 20.6 Å². The summed E-state index contributed by atoms with van der Waals surface area (Å²) in [6, 6.07) is 0. The van der Waals surface area contributed by atoms with Crippen LogP contribution in [0.4, 0.5) is 0 Å². The number of guanidine groups is 1. The van der Waals surface area contributed by atoms with Crippen LogP contribution in [0.15, 0.2) is 14.8 Å². The molecule has 8 heteroatoms. The number of thiazole rings is 1. The molecule has 134 valence electrons. The summed E-state index contributed by atoms with van der Waals surface area (Å²) in [7, 11) is 0. The minimum absolute atomic E-state index is 0. The molecular formula is C16H26IN5OS. The number of aliphatic imine (C=N–C) groups is 1. The van der Waals surface area contributed by atoms with E-state index in [4.69, 9.17) is 4.42 Å². The second kappa shape index (κ2) is 10.7. The highest BCUT2D eigenvalue weighted by Crippen LogP contribution is 2.10. The highest BCUT2D eigenvalue weighted by Gasteiger charge is 2.05. The van der Waals surface area contributed by atoms with Gasteiger partial charge >= 0.3 is 0 Å². The van der Waals surface area contributed by atoms with E-state index >= 15 is 0 Å². The average Bonchev–Trinajstić information content (AvgIpc) is 3.07. The lowest BCUT2D eigenvalue weighted by molar-refractivity contribution is 0.473. The smallest absolute Gasteiger partial charge is 0.216 e. The van der Waals surface area contributed by atoms with Crippen molar-refractivity contribution in [3.8, 4) is 0 Å². The molecule has 24 heavy (non-hydrogen) atoms. The molecule has 0 amide bonds. The van der Waals surface area contributed by atoms with Crippen LogP contribution < -0.4 is 10.6 Å². The second-order valence-corrected chi connectivity index (χ2v) is 6.30. The van der Waals surface area contributed by atoms with Crippen LogP contribution >= 0.6 is 35.3 Å². The van der Waals surface area contributed by atoms with Crippen molar-refractivity contribution in [2.45, 2.75) is 47.1 Å². The van der Waals surface area contributed by atoms with Crippen LogP contribution in [0.2, 0.25) is 0 Å². The van der Waals surface area contributed by atoms with Gasteiger partial charge in [-0.15, -0.1) is 35.3 Å². The molecule has 0 saturated carbocycles. The van der Waals surface area contributed by atoms with Gasteiger partial charge in [0.15, 0.2) is 5.96 Å². The van der Waals surface area contributed by atoms with Gasteiger partial charge in [0.1, 0.15) is 12.3 Å². The van der Waals surface area contributed by atoms with Crippen LogP contribution in [-0.4, -0.2) is 29.0 Å². The van der Waals surface area contributed by atoms with Gasteiger partial charge < -0.3 is 15.1 Å². The van der Waals surface area contributed by atoms with Gasteiger partial charge in [0.25, 0.3) is 0 Å². The predicted octanol–water partition coefficient (Wildman–Crippen LogP) is 3.36. The largest absolute Gasteiger partial charge is 0.444 e. The van der Waals surface area contributed by atoms with Crippen molar-refractivity contribution in [2.75, 3.05) is 13.1 Å². The van der Waals surface area contributed by atoms with Crippen molar-refractivity contribution in [3.63, 3.8) is 0 Å². The Balaban J connectivity index is 0.00000288. The van der Waals surface area contributed by atoms with Crippen molar-refractivity contribution in [1.29, 1.82) is 0 Å². The Labute approximate surface area is 164 Å². The third kappa shape index (κ3) is 6.76. The number of nitrogens with one attached hydrogen (secondary N) is 2. The molecule has 2 rings (SSSR count). The fourth-order valence-corrected chi connectivity index (χ4v) is 2.88. The summed E-state index contributed by atoms with van der Waals surface area (Å²) in [6.45, 7) is 10.1. The van der Waals surface area contributed by atoms with Crippen molar-refractivity contribution >= 4 is 41.3 Å². The van der Waals surface area contributed by atoms with Crippen LogP contribution in [0.25, 0.3) is 0 Å². The summed E-state index contributed by atoms with van der Waals surface area (Å²) >= 11 is 1.72. The van der Waals surface area contributed by atoms with E-state index in [1.165, 1.54) is 5.01 Å². The Kier molecular flexibility index (Phi) is 9.27. The first-order chi connectivity index (χ1) is 11.1. The Hall–Kier alpha value is -1.16. The zero-order valence-electron chi connectivity index (χ0n) is 14.7. The van der Waals surface area contributed by atoms with E-state index < -0.39 is 0 Å². The Morgan fingerprint density at radius 3 is 2.62 bits per heavy atom. The highest BCUT2D eigenvalue weighted by atomic mass is 127. The number of halogens is 1. The van der Waals surface area contributed by atoms with Crippen molar-refractivity contribution < 1.29 is 4.42 Å². The summed E-state index contributed by atoms with van der Waals surface area (Å²) in [6.07, 6.45) is 2.01. The molecular weight excluding hydrogens is 437 g/mol. The molecule has 0 radical (unpaired) electrons. The molecule has 0 aliphatic rings. The maximum absolute atomic E-state index is 5.55. The molecule has 0 aromatic carbocycles. The quantitative estimate of drug-likeness (QED) is 0.285. The number of hydrogen-bond donors (Lipinski definition) is 2. The van der Waals surface area contributed by atoms with Crippen molar-refractivity contribution in [2.24, 2.45) is 4.99 Å². The lowest BCUT2D eigenvalue weighted by Crippen LogP contribution is -2.37. The molecule has 0 bridgehead atoms. The van der Waals surface area contributed by atoms with Gasteiger partial charge in [0.05, 0.1) is 10.7 Å². The molecule has 0 aliphatic carbocycles. The Bertz CT molecular complexity index is 633. The summed E-state index contributed by atoms with van der Waals surface area (Å²) < 4.78 is 5.55. The number of oxazole rings is 1.